The number of nitrogens with zero attached hydrogens (tertiary/aromatic N) is 4. The molecule has 0 amide bonds. The van der Waals surface area contributed by atoms with Gasteiger partial charge in [-0.2, -0.15) is 0 Å². The highest BCUT2D eigenvalue weighted by molar-refractivity contribution is 6.31. The maximum Gasteiger partial charge on any atom is 0.306 e. The number of aliphatic carboxylic acids is 1. The molecular formula is C19H15ClN4O2. The van der Waals surface area contributed by atoms with Crippen LogP contribution in [0.25, 0.3) is 5.69 Å². The molecule has 1 N–H and O–H groups in total. The van der Waals surface area contributed by atoms with Gasteiger partial charge in [-0.15, -0.1) is 10.2 Å². The maximum atomic E-state index is 11.4. The van der Waals surface area contributed by atoms with E-state index in [4.69, 9.17) is 16.6 Å². The Morgan fingerprint density at radius 3 is 2.69 bits per heavy atom. The first-order valence-corrected chi connectivity index (χ1v) is 8.49. The van der Waals surface area contributed by atoms with E-state index in [0.29, 0.717) is 22.4 Å². The van der Waals surface area contributed by atoms with Crippen LogP contribution in [0.15, 0.2) is 53.5 Å². The molecule has 1 aliphatic heterocycles. The van der Waals surface area contributed by atoms with Crippen molar-refractivity contribution in [2.75, 3.05) is 0 Å². The van der Waals surface area contributed by atoms with Gasteiger partial charge < -0.3 is 5.11 Å². The maximum absolute atomic E-state index is 11.4. The van der Waals surface area contributed by atoms with Crippen molar-refractivity contribution in [2.24, 2.45) is 4.99 Å². The molecule has 1 unspecified atom stereocenters. The van der Waals surface area contributed by atoms with Crippen LogP contribution in [-0.2, 0) is 4.79 Å². The summed E-state index contributed by atoms with van der Waals surface area (Å²) < 4.78 is 1.86. The molecule has 0 radical (unpaired) electrons. The summed E-state index contributed by atoms with van der Waals surface area (Å²) in [6.07, 6.45) is -0.170. The summed E-state index contributed by atoms with van der Waals surface area (Å²) >= 11 is 6.25. The van der Waals surface area contributed by atoms with Gasteiger partial charge >= 0.3 is 5.97 Å². The fourth-order valence-electron chi connectivity index (χ4n) is 3.20. The fourth-order valence-corrected chi connectivity index (χ4v) is 3.37. The molecule has 0 bridgehead atoms. The van der Waals surface area contributed by atoms with Crippen molar-refractivity contribution in [1.29, 1.82) is 0 Å². The lowest BCUT2D eigenvalue weighted by Gasteiger charge is -2.12. The van der Waals surface area contributed by atoms with Crippen molar-refractivity contribution in [3.63, 3.8) is 0 Å². The second-order valence-electron chi connectivity index (χ2n) is 6.06. The van der Waals surface area contributed by atoms with E-state index >= 15 is 0 Å². The molecule has 2 aromatic carbocycles. The van der Waals surface area contributed by atoms with Crippen molar-refractivity contribution in [3.05, 3.63) is 76.3 Å². The predicted molar refractivity (Wildman–Crippen MR) is 98.2 cm³/mol. The molecule has 3 aromatic rings. The number of carboxylic acids is 1. The molecular weight excluding hydrogens is 352 g/mol. The number of hydrogen-bond acceptors (Lipinski definition) is 4. The van der Waals surface area contributed by atoms with Crippen LogP contribution < -0.4 is 0 Å². The van der Waals surface area contributed by atoms with Gasteiger partial charge in [-0.1, -0.05) is 41.9 Å². The Hall–Kier alpha value is -2.99. The van der Waals surface area contributed by atoms with Gasteiger partial charge in [0.05, 0.1) is 17.8 Å². The molecule has 4 rings (SSSR count). The average Bonchev–Trinajstić information content (AvgIpc) is 2.94. The summed E-state index contributed by atoms with van der Waals surface area (Å²) in [5.74, 6) is 0.241. The molecule has 0 fully saturated rings. The van der Waals surface area contributed by atoms with Crippen molar-refractivity contribution in [3.8, 4) is 5.69 Å². The third-order valence-electron chi connectivity index (χ3n) is 4.30. The van der Waals surface area contributed by atoms with Gasteiger partial charge in [0.15, 0.2) is 5.82 Å². The van der Waals surface area contributed by atoms with E-state index in [1.54, 1.807) is 6.07 Å². The molecule has 2 heterocycles. The van der Waals surface area contributed by atoms with Gasteiger partial charge in [-0.05, 0) is 25.1 Å². The van der Waals surface area contributed by atoms with E-state index in [1.807, 2.05) is 54.0 Å². The lowest BCUT2D eigenvalue weighted by Crippen LogP contribution is -2.10. The second-order valence-corrected chi connectivity index (χ2v) is 6.50. The van der Waals surface area contributed by atoms with Crippen molar-refractivity contribution in [1.82, 2.24) is 14.8 Å². The Morgan fingerprint density at radius 1 is 1.19 bits per heavy atom. The van der Waals surface area contributed by atoms with Crippen LogP contribution >= 0.6 is 11.6 Å². The molecule has 0 saturated carbocycles. The van der Waals surface area contributed by atoms with Crippen LogP contribution in [0.4, 0.5) is 0 Å². The number of fused-ring (bicyclic) bond motifs is 3. The molecule has 1 aliphatic rings. The second kappa shape index (κ2) is 6.38. The van der Waals surface area contributed by atoms with Gasteiger partial charge in [0.1, 0.15) is 11.9 Å². The summed E-state index contributed by atoms with van der Waals surface area (Å²) in [6, 6.07) is 14.5. The zero-order chi connectivity index (χ0) is 18.3. The highest BCUT2D eigenvalue weighted by Crippen LogP contribution is 2.33. The quantitative estimate of drug-likeness (QED) is 0.768. The first kappa shape index (κ1) is 16.5. The van der Waals surface area contributed by atoms with Gasteiger partial charge in [-0.3, -0.25) is 14.4 Å². The molecule has 7 heteroatoms. The number of carboxylic acid groups (broad SMARTS) is 1. The van der Waals surface area contributed by atoms with Gasteiger partial charge in [0.2, 0.25) is 0 Å². The SMILES string of the molecule is Cc1nnc2n1-c1ccc(Cl)cc1C(c1ccccc1)=NC2CC(=O)O. The number of aryl methyl sites for hydroxylation is 1. The molecule has 26 heavy (non-hydrogen) atoms. The molecule has 1 aromatic heterocycles. The van der Waals surface area contributed by atoms with E-state index in [1.165, 1.54) is 0 Å². The van der Waals surface area contributed by atoms with E-state index in [0.717, 1.165) is 16.8 Å². The molecule has 6 nitrogen and oxygen atoms in total. The summed E-state index contributed by atoms with van der Waals surface area (Å²) in [5.41, 5.74) is 3.24. The normalized spacial score (nSPS) is 15.6. The number of halogens is 1. The van der Waals surface area contributed by atoms with Crippen LogP contribution in [0.1, 0.15) is 35.2 Å². The third-order valence-corrected chi connectivity index (χ3v) is 4.54. The van der Waals surface area contributed by atoms with Crippen molar-refractivity contribution in [2.45, 2.75) is 19.4 Å². The van der Waals surface area contributed by atoms with Gasteiger partial charge in [-0.25, -0.2) is 0 Å². The van der Waals surface area contributed by atoms with E-state index in [-0.39, 0.29) is 6.42 Å². The summed E-state index contributed by atoms with van der Waals surface area (Å²) in [4.78, 5) is 16.2. The molecule has 0 saturated heterocycles. The van der Waals surface area contributed by atoms with Crippen LogP contribution in [-0.4, -0.2) is 31.6 Å². The first-order valence-electron chi connectivity index (χ1n) is 8.12. The van der Waals surface area contributed by atoms with Crippen LogP contribution in [0.2, 0.25) is 5.02 Å². The topological polar surface area (TPSA) is 80.4 Å². The zero-order valence-corrected chi connectivity index (χ0v) is 14.7. The smallest absolute Gasteiger partial charge is 0.306 e. The number of benzene rings is 2. The third kappa shape index (κ3) is 2.78. The predicted octanol–water partition coefficient (Wildman–Crippen LogP) is 3.60. The van der Waals surface area contributed by atoms with E-state index in [9.17, 15) is 9.90 Å². The molecule has 130 valence electrons. The minimum Gasteiger partial charge on any atom is -0.481 e. The molecule has 1 atom stereocenters. The lowest BCUT2D eigenvalue weighted by atomic mass is 10.0. The largest absolute Gasteiger partial charge is 0.481 e. The number of rotatable bonds is 3. The number of hydrogen-bond donors (Lipinski definition) is 1. The minimum atomic E-state index is -0.942. The Balaban J connectivity index is 2.04. The Morgan fingerprint density at radius 2 is 1.96 bits per heavy atom. The molecule has 0 spiro atoms. The highest BCUT2D eigenvalue weighted by Gasteiger charge is 2.29. The van der Waals surface area contributed by atoms with Crippen LogP contribution in [0.5, 0.6) is 0 Å². The Bertz CT molecular complexity index is 1030. The van der Waals surface area contributed by atoms with Gasteiger partial charge in [0, 0.05) is 16.1 Å². The first-order chi connectivity index (χ1) is 12.5. The number of carbonyl (C=O) groups is 1. The van der Waals surface area contributed by atoms with Gasteiger partial charge in [0.25, 0.3) is 0 Å². The standard InChI is InChI=1S/C19H15ClN4O2/c1-11-22-23-19-15(10-17(25)26)21-18(12-5-3-2-4-6-12)14-9-13(20)7-8-16(14)24(11)19/h2-9,15H,10H2,1H3,(H,25,26). The van der Waals surface area contributed by atoms with Crippen LogP contribution in [0, 0.1) is 6.92 Å². The van der Waals surface area contributed by atoms with Crippen LogP contribution in [0.3, 0.4) is 0 Å². The van der Waals surface area contributed by atoms with Crippen molar-refractivity contribution < 1.29 is 9.90 Å². The molecule has 0 aliphatic carbocycles. The van der Waals surface area contributed by atoms with E-state index < -0.39 is 12.0 Å². The summed E-state index contributed by atoms with van der Waals surface area (Å²) in [6.45, 7) is 1.83. The number of aliphatic imine (C=N–C) groups is 1. The summed E-state index contributed by atoms with van der Waals surface area (Å²) in [5, 5.41) is 18.3. The zero-order valence-electron chi connectivity index (χ0n) is 13.9. The average molecular weight is 367 g/mol. The van der Waals surface area contributed by atoms with E-state index in [2.05, 4.69) is 10.2 Å². The monoisotopic (exact) mass is 366 g/mol. The summed E-state index contributed by atoms with van der Waals surface area (Å²) in [7, 11) is 0. The number of aromatic nitrogens is 3. The Labute approximate surface area is 154 Å². The minimum absolute atomic E-state index is 0.170. The highest BCUT2D eigenvalue weighted by atomic mass is 35.5. The Kier molecular flexibility index (Phi) is 4.05. The lowest BCUT2D eigenvalue weighted by molar-refractivity contribution is -0.137. The fraction of sp³-hybridized carbons (Fsp3) is 0.158. The van der Waals surface area contributed by atoms with Crippen molar-refractivity contribution >= 4 is 23.3 Å².